The van der Waals surface area contributed by atoms with Crippen molar-refractivity contribution in [3.8, 4) is 0 Å². The summed E-state index contributed by atoms with van der Waals surface area (Å²) in [6.45, 7) is 8.22. The molecule has 0 aromatic heterocycles. The van der Waals surface area contributed by atoms with Crippen molar-refractivity contribution in [2.24, 2.45) is 46.3 Å². The van der Waals surface area contributed by atoms with Crippen molar-refractivity contribution in [3.63, 3.8) is 0 Å². The zero-order valence-corrected chi connectivity index (χ0v) is 20.9. The molecule has 0 aromatic carbocycles. The van der Waals surface area contributed by atoms with Gasteiger partial charge in [0.25, 0.3) is 0 Å². The normalized spacial score (nSPS) is 49.3. The summed E-state index contributed by atoms with van der Waals surface area (Å²) in [4.78, 5) is 25.6. The molecular formula is C28H40O6. The molecule has 5 aliphatic rings. The number of rotatable bonds is 3. The second kappa shape index (κ2) is 8.28. The topological polar surface area (TPSA) is 104 Å². The van der Waals surface area contributed by atoms with E-state index in [1.165, 1.54) is 6.08 Å². The van der Waals surface area contributed by atoms with Gasteiger partial charge in [-0.25, -0.2) is 4.79 Å². The van der Waals surface area contributed by atoms with E-state index in [9.17, 15) is 24.9 Å². The fourth-order valence-electron chi connectivity index (χ4n) is 9.35. The number of esters is 1. The third-order valence-electron chi connectivity index (χ3n) is 11.2. The largest absolute Gasteiger partial charge is 0.458 e. The summed E-state index contributed by atoms with van der Waals surface area (Å²) in [5.74, 6) is 0.673. The average molecular weight is 473 g/mol. The van der Waals surface area contributed by atoms with Crippen LogP contribution >= 0.6 is 0 Å². The second-order valence-electron chi connectivity index (χ2n) is 12.4. The van der Waals surface area contributed by atoms with Crippen molar-refractivity contribution >= 4 is 11.8 Å². The summed E-state index contributed by atoms with van der Waals surface area (Å²) in [6.07, 6.45) is 6.82. The van der Waals surface area contributed by atoms with Crippen LogP contribution in [0.4, 0.5) is 0 Å². The lowest BCUT2D eigenvalue weighted by Gasteiger charge is -2.61. The molecule has 6 heteroatoms. The van der Waals surface area contributed by atoms with Gasteiger partial charge >= 0.3 is 5.97 Å². The van der Waals surface area contributed by atoms with E-state index in [4.69, 9.17) is 4.74 Å². The van der Waals surface area contributed by atoms with Crippen LogP contribution in [-0.2, 0) is 14.3 Å². The maximum atomic E-state index is 13.2. The monoisotopic (exact) mass is 472 g/mol. The highest BCUT2D eigenvalue weighted by Crippen LogP contribution is 2.67. The van der Waals surface area contributed by atoms with Crippen LogP contribution < -0.4 is 0 Å². The average Bonchev–Trinajstić information content (AvgIpc) is 3.13. The molecule has 0 radical (unpaired) electrons. The smallest absolute Gasteiger partial charge is 0.336 e. The van der Waals surface area contributed by atoms with E-state index in [-0.39, 0.29) is 47.6 Å². The van der Waals surface area contributed by atoms with Gasteiger partial charge in [0.2, 0.25) is 0 Å². The quantitative estimate of drug-likeness (QED) is 0.545. The molecule has 188 valence electrons. The van der Waals surface area contributed by atoms with Crippen LogP contribution in [0.1, 0.15) is 66.2 Å². The number of aliphatic hydroxyl groups excluding tert-OH is 3. The second-order valence-corrected chi connectivity index (χ2v) is 12.4. The number of hydrogen-bond acceptors (Lipinski definition) is 6. The molecule has 6 nitrogen and oxygen atoms in total. The number of aliphatic hydroxyl groups is 3. The molecule has 0 amide bonds. The maximum absolute atomic E-state index is 13.2. The zero-order valence-electron chi connectivity index (χ0n) is 20.9. The van der Waals surface area contributed by atoms with Crippen molar-refractivity contribution in [3.05, 3.63) is 23.3 Å². The van der Waals surface area contributed by atoms with Crippen LogP contribution in [0.25, 0.3) is 0 Å². The van der Waals surface area contributed by atoms with Gasteiger partial charge in [0.05, 0.1) is 24.4 Å². The number of ether oxygens (including phenoxy) is 1. The minimum Gasteiger partial charge on any atom is -0.458 e. The van der Waals surface area contributed by atoms with Crippen molar-refractivity contribution in [1.82, 2.24) is 0 Å². The molecule has 11 atom stereocenters. The number of ketones is 1. The molecule has 3 saturated carbocycles. The summed E-state index contributed by atoms with van der Waals surface area (Å²) >= 11 is 0. The number of allylic oxidation sites excluding steroid dienone is 1. The SMILES string of the molecule is CC1=C(CO)C(=O)O[C@@H]([C@@H](C)[C@H]2CC[C@H]3[C@@H]4C[C@@H](O)C5[C@H](O)C=CC(=O)[C@]5(C)[C@H]4CC[C@]23C)C1. The fourth-order valence-corrected chi connectivity index (χ4v) is 9.35. The Labute approximate surface area is 202 Å². The van der Waals surface area contributed by atoms with Crippen LogP contribution in [0.5, 0.6) is 0 Å². The molecule has 34 heavy (non-hydrogen) atoms. The highest BCUT2D eigenvalue weighted by molar-refractivity contribution is 5.96. The van der Waals surface area contributed by atoms with Gasteiger partial charge in [-0.2, -0.15) is 0 Å². The highest BCUT2D eigenvalue weighted by atomic mass is 16.5. The molecular weight excluding hydrogens is 432 g/mol. The van der Waals surface area contributed by atoms with E-state index in [1.54, 1.807) is 6.08 Å². The first-order valence-electron chi connectivity index (χ1n) is 13.1. The van der Waals surface area contributed by atoms with Crippen LogP contribution in [-0.4, -0.2) is 52.0 Å². The Morgan fingerprint density at radius 2 is 1.88 bits per heavy atom. The van der Waals surface area contributed by atoms with Crippen LogP contribution in [0.15, 0.2) is 23.3 Å². The van der Waals surface area contributed by atoms with Crippen LogP contribution in [0.3, 0.4) is 0 Å². The third kappa shape index (κ3) is 3.24. The standard InChI is InChI=1S/C28H40O6/c1-14-11-23(34-26(33)17(14)13-29)15(2)18-5-6-19-16-12-22(31)25-21(30)7-8-24(32)28(25,4)20(16)9-10-27(18,19)3/h7-8,15-16,18-23,25,29-31H,5-6,9-13H2,1-4H3/t15-,16-,18+,19-,20-,21+,22+,23+,25?,27+,28-/m0/s1. The first kappa shape index (κ1) is 24.2. The summed E-state index contributed by atoms with van der Waals surface area (Å²) < 4.78 is 5.82. The van der Waals surface area contributed by atoms with Gasteiger partial charge < -0.3 is 20.1 Å². The van der Waals surface area contributed by atoms with Crippen molar-refractivity contribution < 1.29 is 29.6 Å². The van der Waals surface area contributed by atoms with E-state index in [1.807, 2.05) is 13.8 Å². The summed E-state index contributed by atoms with van der Waals surface area (Å²) in [5, 5.41) is 31.3. The van der Waals surface area contributed by atoms with E-state index in [0.29, 0.717) is 30.3 Å². The number of hydrogen-bond donors (Lipinski definition) is 3. The minimum atomic E-state index is -0.774. The molecule has 1 heterocycles. The Kier molecular flexibility index (Phi) is 5.89. The maximum Gasteiger partial charge on any atom is 0.336 e. The van der Waals surface area contributed by atoms with Gasteiger partial charge in [0.15, 0.2) is 5.78 Å². The van der Waals surface area contributed by atoms with Gasteiger partial charge in [0, 0.05) is 17.8 Å². The highest BCUT2D eigenvalue weighted by Gasteiger charge is 2.65. The summed E-state index contributed by atoms with van der Waals surface area (Å²) in [7, 11) is 0. The lowest BCUT2D eigenvalue weighted by atomic mass is 9.44. The van der Waals surface area contributed by atoms with Crippen LogP contribution in [0.2, 0.25) is 0 Å². The van der Waals surface area contributed by atoms with Crippen molar-refractivity contribution in [2.45, 2.75) is 84.5 Å². The molecule has 1 aliphatic heterocycles. The Hall–Kier alpha value is -1.50. The molecule has 4 aliphatic carbocycles. The van der Waals surface area contributed by atoms with Gasteiger partial charge in [0.1, 0.15) is 6.10 Å². The number of carbonyl (C=O) groups is 2. The Balaban J connectivity index is 1.41. The molecule has 5 rings (SSSR count). The Bertz CT molecular complexity index is 937. The first-order valence-corrected chi connectivity index (χ1v) is 13.1. The predicted octanol–water partition coefficient (Wildman–Crippen LogP) is 3.19. The fraction of sp³-hybridized carbons (Fsp3) is 0.786. The van der Waals surface area contributed by atoms with Gasteiger partial charge in [-0.05, 0) is 80.1 Å². The molecule has 3 fully saturated rings. The van der Waals surface area contributed by atoms with Crippen LogP contribution in [0, 0.1) is 46.3 Å². The van der Waals surface area contributed by atoms with Gasteiger partial charge in [-0.3, -0.25) is 4.79 Å². The third-order valence-corrected chi connectivity index (χ3v) is 11.2. The van der Waals surface area contributed by atoms with E-state index in [0.717, 1.165) is 31.3 Å². The Morgan fingerprint density at radius 1 is 1.15 bits per heavy atom. The van der Waals surface area contributed by atoms with Crippen molar-refractivity contribution in [1.29, 1.82) is 0 Å². The number of fused-ring (bicyclic) bond motifs is 5. The molecule has 0 saturated heterocycles. The Morgan fingerprint density at radius 3 is 2.56 bits per heavy atom. The summed E-state index contributed by atoms with van der Waals surface area (Å²) in [6, 6.07) is 0. The van der Waals surface area contributed by atoms with Gasteiger partial charge in [-0.1, -0.05) is 32.4 Å². The summed E-state index contributed by atoms with van der Waals surface area (Å²) in [5.41, 5.74) is 0.669. The molecule has 1 unspecified atom stereocenters. The molecule has 3 N–H and O–H groups in total. The number of cyclic esters (lactones) is 1. The lowest BCUT2D eigenvalue weighted by Crippen LogP contribution is -2.62. The van der Waals surface area contributed by atoms with E-state index >= 15 is 0 Å². The van der Waals surface area contributed by atoms with Gasteiger partial charge in [-0.15, -0.1) is 0 Å². The molecule has 0 aromatic rings. The number of carbonyl (C=O) groups excluding carboxylic acids is 2. The lowest BCUT2D eigenvalue weighted by molar-refractivity contribution is -0.179. The molecule has 0 bridgehead atoms. The predicted molar refractivity (Wildman–Crippen MR) is 126 cm³/mol. The molecule has 0 spiro atoms. The van der Waals surface area contributed by atoms with Crippen molar-refractivity contribution in [2.75, 3.05) is 6.61 Å². The first-order chi connectivity index (χ1) is 16.0. The zero-order chi connectivity index (χ0) is 24.6. The van der Waals surface area contributed by atoms with E-state index in [2.05, 4.69) is 13.8 Å². The minimum absolute atomic E-state index is 0.0548. The van der Waals surface area contributed by atoms with E-state index < -0.39 is 23.5 Å².